The molecular formula is C43H60Zr. The summed E-state index contributed by atoms with van der Waals surface area (Å²) in [6.45, 7) is 18.2. The molecule has 0 N–H and O–H groups in total. The molecule has 6 rings (SSSR count). The molecular weight excluding hydrogens is 608 g/mol. The molecule has 0 spiro atoms. The summed E-state index contributed by atoms with van der Waals surface area (Å²) in [7, 11) is 0. The molecule has 0 saturated heterocycles. The monoisotopic (exact) mass is 666 g/mol. The van der Waals surface area contributed by atoms with Crippen molar-refractivity contribution in [3.63, 3.8) is 0 Å². The van der Waals surface area contributed by atoms with Gasteiger partial charge in [0.25, 0.3) is 0 Å². The Kier molecular flexibility index (Phi) is 12.9. The Balaban J connectivity index is 0.000000181. The second-order valence-corrected chi connectivity index (χ2v) is 18.0. The molecule has 0 bridgehead atoms. The van der Waals surface area contributed by atoms with Crippen molar-refractivity contribution in [2.75, 3.05) is 0 Å². The summed E-state index contributed by atoms with van der Waals surface area (Å²) >= 11 is 1.75. The molecule has 0 aliphatic heterocycles. The molecule has 0 nitrogen and oxygen atoms in total. The maximum atomic E-state index is 3.69. The van der Waals surface area contributed by atoms with Gasteiger partial charge in [-0.25, -0.2) is 12.2 Å². The minimum atomic E-state index is 0.163. The van der Waals surface area contributed by atoms with Crippen LogP contribution >= 0.6 is 0 Å². The van der Waals surface area contributed by atoms with Crippen LogP contribution in [-0.4, -0.2) is 3.21 Å². The van der Waals surface area contributed by atoms with E-state index in [0.29, 0.717) is 0 Å². The molecule has 0 aromatic heterocycles. The maximum absolute atomic E-state index is 3.69. The first kappa shape index (κ1) is 35.5. The Morgan fingerprint density at radius 3 is 1.75 bits per heavy atom. The van der Waals surface area contributed by atoms with E-state index in [1.807, 2.05) is 15.4 Å². The predicted molar refractivity (Wildman–Crippen MR) is 189 cm³/mol. The van der Waals surface area contributed by atoms with Gasteiger partial charge in [0.15, 0.2) is 0 Å². The number of hydrogen-bond acceptors (Lipinski definition) is 0. The normalized spacial score (nSPS) is 18.2. The molecule has 4 aliphatic rings. The van der Waals surface area contributed by atoms with Crippen molar-refractivity contribution in [2.45, 2.75) is 156 Å². The van der Waals surface area contributed by atoms with Gasteiger partial charge in [0, 0.05) is 0 Å². The van der Waals surface area contributed by atoms with Crippen molar-refractivity contribution >= 4 is 3.21 Å². The van der Waals surface area contributed by atoms with E-state index < -0.39 is 0 Å². The number of hydrogen-bond donors (Lipinski definition) is 0. The number of allylic oxidation sites excluding steroid dienone is 4. The van der Waals surface area contributed by atoms with Gasteiger partial charge in [-0.15, -0.1) is 23.1 Å². The van der Waals surface area contributed by atoms with Crippen LogP contribution < -0.4 is 0 Å². The van der Waals surface area contributed by atoms with Gasteiger partial charge < -0.3 is 0 Å². The molecule has 1 heteroatoms. The molecule has 4 aliphatic carbocycles. The molecule has 0 atom stereocenters. The van der Waals surface area contributed by atoms with Gasteiger partial charge in [-0.05, 0) is 35.4 Å². The van der Waals surface area contributed by atoms with Gasteiger partial charge in [-0.1, -0.05) is 71.6 Å². The summed E-state index contributed by atoms with van der Waals surface area (Å²) in [5, 5.41) is 0. The Hall–Kier alpha value is -1.33. The van der Waals surface area contributed by atoms with Crippen LogP contribution in [0, 0.1) is 37.8 Å². The van der Waals surface area contributed by atoms with E-state index in [9.17, 15) is 0 Å². The average molecular weight is 668 g/mol. The Bertz CT molecular complexity index is 1210. The SMILES string of the molecule is Cc1[c-]c2c(cc1C(C)(C)C)-c1cc(C(C)(C)C)c(C)cc1C2.[C-]1=CC=CC1.[Zr+2]=[C](CC1CCCCC1)CC1CCCCC1. The number of aryl methyl sites for hydroxylation is 2. The van der Waals surface area contributed by atoms with Crippen LogP contribution in [0.2, 0.25) is 0 Å². The zero-order valence-corrected chi connectivity index (χ0v) is 32.0. The van der Waals surface area contributed by atoms with Crippen molar-refractivity contribution in [2.24, 2.45) is 11.8 Å². The fraction of sp³-hybridized carbons (Fsp3) is 0.605. The summed E-state index contributed by atoms with van der Waals surface area (Å²) in [5.74, 6) is 2.15. The molecule has 2 aromatic carbocycles. The molecule has 0 heterocycles. The van der Waals surface area contributed by atoms with Gasteiger partial charge in [0.05, 0.1) is 0 Å². The van der Waals surface area contributed by atoms with Gasteiger partial charge in [0.2, 0.25) is 0 Å². The fourth-order valence-corrected chi connectivity index (χ4v) is 9.34. The second-order valence-electron chi connectivity index (χ2n) is 16.2. The third-order valence-corrected chi connectivity index (χ3v) is 11.2. The predicted octanol–water partition coefficient (Wildman–Crippen LogP) is 12.2. The average Bonchev–Trinajstić information content (AvgIpc) is 3.64. The summed E-state index contributed by atoms with van der Waals surface area (Å²) in [5.41, 5.74) is 11.6. The Morgan fingerprint density at radius 1 is 0.750 bits per heavy atom. The van der Waals surface area contributed by atoms with Crippen LogP contribution in [0.1, 0.15) is 158 Å². The Labute approximate surface area is 286 Å². The van der Waals surface area contributed by atoms with Crippen LogP contribution in [-0.2, 0) is 41.5 Å². The van der Waals surface area contributed by atoms with E-state index in [1.54, 1.807) is 24.2 Å². The van der Waals surface area contributed by atoms with Crippen molar-refractivity contribution in [3.8, 4) is 11.1 Å². The standard InChI is InChI=1S/C23H29.C15H26.C5H5.Zr/c1-14-9-16-11-17-10-15(2)21(23(6,7)8)13-19(17)18(16)12-20(14)22(3,4)5;1-3-8-14(9-4-1)12-7-13-15-10-5-2-6-11-15;1-2-4-5-3-1;/h9,12-13H,11H2,1-8H3;14-15H,1-6,8-13H2;1-3H,4H2;/q-1;;-1;+2. The van der Waals surface area contributed by atoms with Gasteiger partial charge >= 0.3 is 116 Å². The number of rotatable bonds is 4. The van der Waals surface area contributed by atoms with E-state index in [1.165, 1.54) is 122 Å². The molecule has 2 aromatic rings. The van der Waals surface area contributed by atoms with Crippen molar-refractivity contribution in [1.82, 2.24) is 0 Å². The van der Waals surface area contributed by atoms with E-state index in [2.05, 4.69) is 91.8 Å². The van der Waals surface area contributed by atoms with Crippen LogP contribution in [0.25, 0.3) is 11.1 Å². The van der Waals surface area contributed by atoms with Gasteiger partial charge in [-0.2, -0.15) is 23.8 Å². The first-order valence-electron chi connectivity index (χ1n) is 17.8. The second kappa shape index (κ2) is 16.0. The molecule has 2 saturated carbocycles. The van der Waals surface area contributed by atoms with Crippen molar-refractivity contribution < 1.29 is 24.2 Å². The van der Waals surface area contributed by atoms with Crippen LogP contribution in [0.4, 0.5) is 0 Å². The van der Waals surface area contributed by atoms with Crippen molar-refractivity contribution in [1.29, 1.82) is 0 Å². The van der Waals surface area contributed by atoms with Gasteiger partial charge in [-0.3, -0.25) is 6.08 Å². The van der Waals surface area contributed by atoms with E-state index in [4.69, 9.17) is 0 Å². The van der Waals surface area contributed by atoms with E-state index in [-0.39, 0.29) is 10.8 Å². The molecule has 2 fully saturated rings. The number of fused-ring (bicyclic) bond motifs is 3. The zero-order valence-electron chi connectivity index (χ0n) is 29.5. The number of benzene rings is 2. The third-order valence-electron chi connectivity index (χ3n) is 10.2. The summed E-state index contributed by atoms with van der Waals surface area (Å²) in [6, 6.07) is 10.9. The van der Waals surface area contributed by atoms with E-state index in [0.717, 1.165) is 24.7 Å². The first-order chi connectivity index (χ1) is 20.8. The summed E-state index contributed by atoms with van der Waals surface area (Å²) in [4.78, 5) is 0. The molecule has 0 amide bonds. The van der Waals surface area contributed by atoms with Gasteiger partial charge in [0.1, 0.15) is 0 Å². The summed E-state index contributed by atoms with van der Waals surface area (Å²) < 4.78 is 1.91. The first-order valence-corrected chi connectivity index (χ1v) is 19.0. The van der Waals surface area contributed by atoms with Crippen LogP contribution in [0.5, 0.6) is 0 Å². The molecule has 236 valence electrons. The Morgan fingerprint density at radius 2 is 1.30 bits per heavy atom. The fourth-order valence-electron chi connectivity index (χ4n) is 7.93. The molecule has 0 unspecified atom stereocenters. The van der Waals surface area contributed by atoms with E-state index >= 15 is 0 Å². The minimum absolute atomic E-state index is 0.163. The van der Waals surface area contributed by atoms with Crippen molar-refractivity contribution in [3.05, 3.63) is 82.0 Å². The molecule has 0 radical (unpaired) electrons. The topological polar surface area (TPSA) is 0 Å². The third kappa shape index (κ3) is 10.1. The van der Waals surface area contributed by atoms with Crippen LogP contribution in [0.3, 0.4) is 0 Å². The zero-order chi connectivity index (χ0) is 31.9. The van der Waals surface area contributed by atoms with Crippen LogP contribution in [0.15, 0.2) is 36.4 Å². The quantitative estimate of drug-likeness (QED) is 0.243. The summed E-state index contributed by atoms with van der Waals surface area (Å²) in [6.07, 6.45) is 29.2. The molecule has 44 heavy (non-hydrogen) atoms.